The molecule has 1 heterocycles. The molecule has 0 spiro atoms. The van der Waals surface area contributed by atoms with Crippen molar-refractivity contribution in [1.82, 2.24) is 15.3 Å². The number of hydrogen-bond acceptors (Lipinski definition) is 3. The molecule has 0 radical (unpaired) electrons. The highest BCUT2D eigenvalue weighted by Crippen LogP contribution is 2.29. The van der Waals surface area contributed by atoms with Gasteiger partial charge in [0.25, 0.3) is 0 Å². The minimum absolute atomic E-state index is 0.224. The van der Waals surface area contributed by atoms with Gasteiger partial charge in [0.1, 0.15) is 11.6 Å². The van der Waals surface area contributed by atoms with Crippen molar-refractivity contribution in [2.24, 2.45) is 0 Å². The summed E-state index contributed by atoms with van der Waals surface area (Å²) in [6, 6.07) is 9.17. The van der Waals surface area contributed by atoms with Crippen LogP contribution >= 0.6 is 0 Å². The van der Waals surface area contributed by atoms with Crippen LogP contribution in [-0.2, 0) is 12.0 Å². The zero-order valence-corrected chi connectivity index (χ0v) is 12.4. The first-order valence-corrected chi connectivity index (χ1v) is 7.37. The smallest absolute Gasteiger partial charge is 0.138 e. The second-order valence-corrected chi connectivity index (χ2v) is 6.16. The van der Waals surface area contributed by atoms with Crippen molar-refractivity contribution in [2.45, 2.75) is 44.7 Å². The van der Waals surface area contributed by atoms with Gasteiger partial charge in [-0.2, -0.15) is 0 Å². The number of halogens is 1. The number of nitrogens with zero attached hydrogens (tertiary/aromatic N) is 2. The Bertz CT molecular complexity index is 618. The van der Waals surface area contributed by atoms with Gasteiger partial charge in [0.15, 0.2) is 0 Å². The monoisotopic (exact) mass is 285 g/mol. The molecule has 0 amide bonds. The average Bonchev–Trinajstić information content (AvgIpc) is 3.30. The Morgan fingerprint density at radius 1 is 1.19 bits per heavy atom. The molecule has 1 aliphatic carbocycles. The first-order valence-electron chi connectivity index (χ1n) is 7.37. The van der Waals surface area contributed by atoms with Gasteiger partial charge in [-0.15, -0.1) is 0 Å². The molecule has 1 aromatic carbocycles. The summed E-state index contributed by atoms with van der Waals surface area (Å²) in [5, 5.41) is 3.46. The molecule has 2 aromatic rings. The third-order valence-electron chi connectivity index (χ3n) is 3.99. The van der Waals surface area contributed by atoms with E-state index >= 15 is 0 Å². The zero-order valence-electron chi connectivity index (χ0n) is 12.4. The van der Waals surface area contributed by atoms with Crippen LogP contribution in [0.1, 0.15) is 43.8 Å². The van der Waals surface area contributed by atoms with Crippen LogP contribution in [0.2, 0.25) is 0 Å². The van der Waals surface area contributed by atoms with Crippen LogP contribution in [0.3, 0.4) is 0 Å². The summed E-state index contributed by atoms with van der Waals surface area (Å²) >= 11 is 0. The number of nitrogens with one attached hydrogen (secondary N) is 1. The molecule has 1 aliphatic rings. The van der Waals surface area contributed by atoms with Crippen LogP contribution in [0, 0.1) is 5.82 Å². The second-order valence-electron chi connectivity index (χ2n) is 6.16. The lowest BCUT2D eigenvalue weighted by molar-refractivity contribution is 0.572. The van der Waals surface area contributed by atoms with Gasteiger partial charge in [-0.3, -0.25) is 0 Å². The summed E-state index contributed by atoms with van der Waals surface area (Å²) in [4.78, 5) is 9.10. The Morgan fingerprint density at radius 2 is 1.90 bits per heavy atom. The van der Waals surface area contributed by atoms with E-state index < -0.39 is 0 Å². The molecule has 0 saturated heterocycles. The molecule has 3 rings (SSSR count). The fraction of sp³-hybridized carbons (Fsp3) is 0.412. The van der Waals surface area contributed by atoms with E-state index in [9.17, 15) is 4.39 Å². The van der Waals surface area contributed by atoms with E-state index in [0.29, 0.717) is 6.04 Å². The topological polar surface area (TPSA) is 37.8 Å². The summed E-state index contributed by atoms with van der Waals surface area (Å²) in [6.07, 6.45) is 4.33. The van der Waals surface area contributed by atoms with E-state index in [0.717, 1.165) is 23.6 Å². The van der Waals surface area contributed by atoms with E-state index in [-0.39, 0.29) is 11.2 Å². The van der Waals surface area contributed by atoms with E-state index in [1.807, 2.05) is 6.07 Å². The number of rotatable bonds is 5. The molecule has 0 atom stereocenters. The summed E-state index contributed by atoms with van der Waals surface area (Å²) in [5.74, 6) is 0.544. The number of benzene rings is 1. The van der Waals surface area contributed by atoms with Crippen LogP contribution in [0.5, 0.6) is 0 Å². The van der Waals surface area contributed by atoms with E-state index in [1.54, 1.807) is 18.3 Å². The van der Waals surface area contributed by atoms with Gasteiger partial charge in [-0.25, -0.2) is 14.4 Å². The third kappa shape index (κ3) is 3.27. The Morgan fingerprint density at radius 3 is 2.57 bits per heavy atom. The molecule has 1 fully saturated rings. The molecule has 21 heavy (non-hydrogen) atoms. The first-order chi connectivity index (χ1) is 10.1. The highest BCUT2D eigenvalue weighted by Gasteiger charge is 2.27. The Kier molecular flexibility index (Phi) is 3.72. The van der Waals surface area contributed by atoms with E-state index in [1.165, 1.54) is 25.0 Å². The highest BCUT2D eigenvalue weighted by molar-refractivity contribution is 5.31. The molecule has 1 saturated carbocycles. The van der Waals surface area contributed by atoms with Crippen LogP contribution in [-0.4, -0.2) is 16.0 Å². The van der Waals surface area contributed by atoms with Crippen molar-refractivity contribution in [2.75, 3.05) is 0 Å². The quantitative estimate of drug-likeness (QED) is 0.916. The van der Waals surface area contributed by atoms with Gasteiger partial charge in [0.05, 0.1) is 5.69 Å². The van der Waals surface area contributed by atoms with Gasteiger partial charge in [0, 0.05) is 24.2 Å². The standard InChI is InChI=1S/C17H20FN3/c1-17(2,12-3-5-13(18)6-4-12)16-19-10-9-15(21-16)11-20-14-7-8-14/h3-6,9-10,14,20H,7-8,11H2,1-2H3. The largest absolute Gasteiger partial charge is 0.308 e. The minimum Gasteiger partial charge on any atom is -0.308 e. The molecule has 1 N–H and O–H groups in total. The van der Waals surface area contributed by atoms with Crippen molar-refractivity contribution in [1.29, 1.82) is 0 Å². The predicted octanol–water partition coefficient (Wildman–Crippen LogP) is 3.19. The maximum Gasteiger partial charge on any atom is 0.138 e. The SMILES string of the molecule is CC(C)(c1ccc(F)cc1)c1nccc(CNC2CC2)n1. The fourth-order valence-electron chi connectivity index (χ4n) is 2.33. The summed E-state index contributed by atoms with van der Waals surface area (Å²) < 4.78 is 13.1. The van der Waals surface area contributed by atoms with Crippen molar-refractivity contribution in [3.8, 4) is 0 Å². The molecule has 0 unspecified atom stereocenters. The Labute approximate surface area is 124 Å². The van der Waals surface area contributed by atoms with Crippen molar-refractivity contribution in [3.63, 3.8) is 0 Å². The number of aromatic nitrogens is 2. The fourth-order valence-corrected chi connectivity index (χ4v) is 2.33. The van der Waals surface area contributed by atoms with Crippen LogP contribution in [0.15, 0.2) is 36.5 Å². The normalized spacial score (nSPS) is 15.2. The Balaban J connectivity index is 1.83. The first kappa shape index (κ1) is 14.1. The van der Waals surface area contributed by atoms with Gasteiger partial charge >= 0.3 is 0 Å². The summed E-state index contributed by atoms with van der Waals surface area (Å²) in [6.45, 7) is 4.90. The summed E-state index contributed by atoms with van der Waals surface area (Å²) in [5.41, 5.74) is 1.67. The zero-order chi connectivity index (χ0) is 14.9. The lowest BCUT2D eigenvalue weighted by Gasteiger charge is -2.24. The predicted molar refractivity (Wildman–Crippen MR) is 80.4 cm³/mol. The van der Waals surface area contributed by atoms with Crippen molar-refractivity contribution in [3.05, 3.63) is 59.4 Å². The molecule has 0 bridgehead atoms. The average molecular weight is 285 g/mol. The van der Waals surface area contributed by atoms with Gasteiger partial charge in [-0.1, -0.05) is 12.1 Å². The molecule has 110 valence electrons. The summed E-state index contributed by atoms with van der Waals surface area (Å²) in [7, 11) is 0. The molecule has 4 heteroatoms. The molecular formula is C17H20FN3. The molecule has 1 aromatic heterocycles. The maximum absolute atomic E-state index is 13.1. The van der Waals surface area contributed by atoms with E-state index in [2.05, 4.69) is 29.1 Å². The molecular weight excluding hydrogens is 265 g/mol. The van der Waals surface area contributed by atoms with Gasteiger partial charge in [-0.05, 0) is 50.5 Å². The van der Waals surface area contributed by atoms with Crippen LogP contribution in [0.4, 0.5) is 4.39 Å². The Hall–Kier alpha value is -1.81. The maximum atomic E-state index is 13.1. The van der Waals surface area contributed by atoms with Crippen molar-refractivity contribution >= 4 is 0 Å². The lowest BCUT2D eigenvalue weighted by Crippen LogP contribution is -2.24. The second kappa shape index (κ2) is 5.53. The number of hydrogen-bond donors (Lipinski definition) is 1. The highest BCUT2D eigenvalue weighted by atomic mass is 19.1. The molecule has 0 aliphatic heterocycles. The lowest BCUT2D eigenvalue weighted by atomic mass is 9.83. The minimum atomic E-state index is -0.344. The van der Waals surface area contributed by atoms with Gasteiger partial charge in [0.2, 0.25) is 0 Å². The van der Waals surface area contributed by atoms with Crippen LogP contribution < -0.4 is 5.32 Å². The van der Waals surface area contributed by atoms with Crippen LogP contribution in [0.25, 0.3) is 0 Å². The third-order valence-corrected chi connectivity index (χ3v) is 3.99. The van der Waals surface area contributed by atoms with Crippen molar-refractivity contribution < 1.29 is 4.39 Å². The van der Waals surface area contributed by atoms with Gasteiger partial charge < -0.3 is 5.32 Å². The molecule has 3 nitrogen and oxygen atoms in total. The van der Waals surface area contributed by atoms with E-state index in [4.69, 9.17) is 0 Å².